The molecule has 2 aromatic carbocycles. The maximum atomic E-state index is 12.5. The highest BCUT2D eigenvalue weighted by molar-refractivity contribution is 9.10. The molecule has 0 saturated carbocycles. The van der Waals surface area contributed by atoms with Crippen molar-refractivity contribution in [3.8, 4) is 11.5 Å². The number of nitrogens with one attached hydrogen (secondary N) is 1. The lowest BCUT2D eigenvalue weighted by Crippen LogP contribution is -2.17. The molecule has 1 aromatic heterocycles. The van der Waals surface area contributed by atoms with Gasteiger partial charge in [-0.05, 0) is 61.5 Å². The number of carbonyl (C=O) groups is 2. The van der Waals surface area contributed by atoms with E-state index in [9.17, 15) is 9.59 Å². The molecule has 8 heteroatoms. The molecule has 0 aliphatic heterocycles. The maximum absolute atomic E-state index is 12.5. The van der Waals surface area contributed by atoms with Crippen LogP contribution >= 0.6 is 15.9 Å². The molecule has 1 N–H and O–H groups in total. The normalized spacial score (nSPS) is 10.6. The summed E-state index contributed by atoms with van der Waals surface area (Å²) in [6.07, 6.45) is 4.42. The minimum Gasteiger partial charge on any atom is -0.494 e. The molecular weight excluding hydrogens is 450 g/mol. The molecule has 0 saturated heterocycles. The third-order valence-electron chi connectivity index (χ3n) is 3.87. The van der Waals surface area contributed by atoms with Gasteiger partial charge in [-0.3, -0.25) is 9.78 Å². The average molecular weight is 468 g/mol. The van der Waals surface area contributed by atoms with E-state index >= 15 is 0 Å². The van der Waals surface area contributed by atoms with Gasteiger partial charge in [0.25, 0.3) is 5.91 Å². The Labute approximate surface area is 181 Å². The standard InChI is InChI=1S/C22H18BrN3O4/c1-2-29-19-8-5-15(6-9-19)22(28)30-20-10-7-18(23)12-17(20)14-25-26-21(27)16-4-3-11-24-13-16/h3-14H,2H2,1H3,(H,26,27)/b25-14+. The number of hydrazone groups is 1. The first-order chi connectivity index (χ1) is 14.6. The van der Waals surface area contributed by atoms with Crippen LogP contribution in [0.3, 0.4) is 0 Å². The van der Waals surface area contributed by atoms with E-state index in [1.165, 1.54) is 12.4 Å². The Kier molecular flexibility index (Phi) is 7.29. The van der Waals surface area contributed by atoms with Gasteiger partial charge in [0.2, 0.25) is 0 Å². The van der Waals surface area contributed by atoms with E-state index in [1.807, 2.05) is 6.92 Å². The van der Waals surface area contributed by atoms with Crippen molar-refractivity contribution in [2.24, 2.45) is 5.10 Å². The predicted octanol–water partition coefficient (Wildman–Crippen LogP) is 4.23. The summed E-state index contributed by atoms with van der Waals surface area (Å²) < 4.78 is 11.7. The second kappa shape index (κ2) is 10.3. The quantitative estimate of drug-likeness (QED) is 0.243. The Morgan fingerprint density at radius 2 is 1.93 bits per heavy atom. The number of rotatable bonds is 7. The lowest BCUT2D eigenvalue weighted by Gasteiger charge is -2.09. The van der Waals surface area contributed by atoms with Crippen molar-refractivity contribution in [1.29, 1.82) is 0 Å². The van der Waals surface area contributed by atoms with Crippen LogP contribution in [0.15, 0.2) is 76.6 Å². The topological polar surface area (TPSA) is 89.9 Å². The summed E-state index contributed by atoms with van der Waals surface area (Å²) in [5.74, 6) is 0.0584. The monoisotopic (exact) mass is 467 g/mol. The highest BCUT2D eigenvalue weighted by atomic mass is 79.9. The van der Waals surface area contributed by atoms with Crippen LogP contribution in [0.1, 0.15) is 33.2 Å². The number of ether oxygens (including phenoxy) is 2. The average Bonchev–Trinajstić information content (AvgIpc) is 2.76. The second-order valence-corrected chi connectivity index (χ2v) is 6.89. The number of pyridine rings is 1. The largest absolute Gasteiger partial charge is 0.494 e. The van der Waals surface area contributed by atoms with Crippen LogP contribution < -0.4 is 14.9 Å². The Morgan fingerprint density at radius 1 is 1.13 bits per heavy atom. The highest BCUT2D eigenvalue weighted by Crippen LogP contribution is 2.23. The number of nitrogens with zero attached hydrogens (tertiary/aromatic N) is 2. The third kappa shape index (κ3) is 5.74. The number of benzene rings is 2. The molecule has 0 spiro atoms. The summed E-state index contributed by atoms with van der Waals surface area (Å²) in [7, 11) is 0. The first-order valence-electron chi connectivity index (χ1n) is 9.05. The Bertz CT molecular complexity index is 1050. The van der Waals surface area contributed by atoms with Crippen LogP contribution in [-0.4, -0.2) is 29.7 Å². The minimum atomic E-state index is -0.519. The molecule has 0 unspecified atom stereocenters. The fourth-order valence-electron chi connectivity index (χ4n) is 2.45. The van der Waals surface area contributed by atoms with E-state index in [0.717, 1.165) is 4.47 Å². The van der Waals surface area contributed by atoms with Crippen LogP contribution in [0.5, 0.6) is 11.5 Å². The fraction of sp³-hybridized carbons (Fsp3) is 0.0909. The van der Waals surface area contributed by atoms with Gasteiger partial charge in [0.1, 0.15) is 11.5 Å². The first kappa shape index (κ1) is 21.2. The highest BCUT2D eigenvalue weighted by Gasteiger charge is 2.12. The molecule has 0 bridgehead atoms. The zero-order valence-corrected chi connectivity index (χ0v) is 17.6. The molecule has 0 atom stereocenters. The van der Waals surface area contributed by atoms with Crippen LogP contribution in [0.2, 0.25) is 0 Å². The lowest BCUT2D eigenvalue weighted by molar-refractivity contribution is 0.0734. The SMILES string of the molecule is CCOc1ccc(C(=O)Oc2ccc(Br)cc2/C=N/NC(=O)c2cccnc2)cc1. The van der Waals surface area contributed by atoms with E-state index in [-0.39, 0.29) is 0 Å². The minimum absolute atomic E-state index is 0.302. The summed E-state index contributed by atoms with van der Waals surface area (Å²) in [5, 5.41) is 3.95. The van der Waals surface area contributed by atoms with E-state index in [4.69, 9.17) is 9.47 Å². The summed E-state index contributed by atoms with van der Waals surface area (Å²) in [5.41, 5.74) is 3.69. The van der Waals surface area contributed by atoms with Gasteiger partial charge >= 0.3 is 5.97 Å². The molecule has 3 rings (SSSR count). The summed E-state index contributed by atoms with van der Waals surface area (Å²) in [6.45, 7) is 2.43. The zero-order valence-electron chi connectivity index (χ0n) is 16.0. The van der Waals surface area contributed by atoms with Gasteiger partial charge in [0.05, 0.1) is 23.9 Å². The van der Waals surface area contributed by atoms with Crippen molar-refractivity contribution in [1.82, 2.24) is 10.4 Å². The van der Waals surface area contributed by atoms with Gasteiger partial charge in [-0.1, -0.05) is 15.9 Å². The lowest BCUT2D eigenvalue weighted by atomic mass is 10.2. The molecule has 0 aliphatic carbocycles. The molecular formula is C22H18BrN3O4. The fourth-order valence-corrected chi connectivity index (χ4v) is 2.83. The van der Waals surface area contributed by atoms with Crippen LogP contribution in [-0.2, 0) is 0 Å². The van der Waals surface area contributed by atoms with Gasteiger partial charge in [-0.25, -0.2) is 10.2 Å². The van der Waals surface area contributed by atoms with Crippen molar-refractivity contribution < 1.29 is 19.1 Å². The van der Waals surface area contributed by atoms with Crippen molar-refractivity contribution in [2.45, 2.75) is 6.92 Å². The number of halogens is 1. The summed E-state index contributed by atoms with van der Waals surface area (Å²) in [6, 6.07) is 15.1. The Balaban J connectivity index is 1.71. The van der Waals surface area contributed by atoms with E-state index in [1.54, 1.807) is 60.8 Å². The third-order valence-corrected chi connectivity index (χ3v) is 4.36. The zero-order chi connectivity index (χ0) is 21.3. The van der Waals surface area contributed by atoms with Gasteiger partial charge < -0.3 is 9.47 Å². The molecule has 1 amide bonds. The summed E-state index contributed by atoms with van der Waals surface area (Å²) in [4.78, 5) is 28.4. The van der Waals surface area contributed by atoms with Crippen LogP contribution in [0.25, 0.3) is 0 Å². The van der Waals surface area contributed by atoms with Crippen molar-refractivity contribution >= 4 is 34.0 Å². The summed E-state index contributed by atoms with van der Waals surface area (Å²) >= 11 is 3.38. The van der Waals surface area contributed by atoms with Crippen molar-refractivity contribution in [3.05, 3.63) is 88.2 Å². The number of esters is 1. The predicted molar refractivity (Wildman–Crippen MR) is 116 cm³/mol. The van der Waals surface area contributed by atoms with Gasteiger partial charge in [0.15, 0.2) is 0 Å². The molecule has 0 fully saturated rings. The van der Waals surface area contributed by atoms with Crippen molar-refractivity contribution in [2.75, 3.05) is 6.61 Å². The molecule has 0 aliphatic rings. The molecule has 0 radical (unpaired) electrons. The first-order valence-corrected chi connectivity index (χ1v) is 9.84. The molecule has 30 heavy (non-hydrogen) atoms. The van der Waals surface area contributed by atoms with Crippen LogP contribution in [0.4, 0.5) is 0 Å². The Hall–Kier alpha value is -3.52. The van der Waals surface area contributed by atoms with Crippen LogP contribution in [0, 0.1) is 0 Å². The molecule has 152 valence electrons. The second-order valence-electron chi connectivity index (χ2n) is 5.97. The molecule has 7 nitrogen and oxygen atoms in total. The molecule has 3 aromatic rings. The smallest absolute Gasteiger partial charge is 0.343 e. The number of hydrogen-bond donors (Lipinski definition) is 1. The van der Waals surface area contributed by atoms with E-state index < -0.39 is 11.9 Å². The van der Waals surface area contributed by atoms with Crippen molar-refractivity contribution in [3.63, 3.8) is 0 Å². The van der Waals surface area contributed by atoms with E-state index in [2.05, 4.69) is 31.4 Å². The van der Waals surface area contributed by atoms with Gasteiger partial charge in [-0.2, -0.15) is 5.10 Å². The number of carbonyl (C=O) groups excluding carboxylic acids is 2. The Morgan fingerprint density at radius 3 is 2.63 bits per heavy atom. The molecule has 1 heterocycles. The maximum Gasteiger partial charge on any atom is 0.343 e. The van der Waals surface area contributed by atoms with Gasteiger partial charge in [0, 0.05) is 22.4 Å². The number of amides is 1. The number of hydrogen-bond acceptors (Lipinski definition) is 6. The van der Waals surface area contributed by atoms with Gasteiger partial charge in [-0.15, -0.1) is 0 Å². The number of aromatic nitrogens is 1. The van der Waals surface area contributed by atoms with E-state index in [0.29, 0.717) is 34.8 Å².